The number of halogens is 2. The highest BCUT2D eigenvalue weighted by molar-refractivity contribution is 5.73. The number of nitrogens with zero attached hydrogens (tertiary/aromatic N) is 2. The fraction of sp³-hybridized carbons (Fsp3) is 0.500. The average Bonchev–Trinajstić information content (AvgIpc) is 2.39. The molecular formula is C14H19F2N3O. The number of amides is 1. The van der Waals surface area contributed by atoms with Gasteiger partial charge in [0.1, 0.15) is 11.6 Å². The zero-order valence-corrected chi connectivity index (χ0v) is 11.5. The lowest BCUT2D eigenvalue weighted by Crippen LogP contribution is -2.49. The minimum absolute atomic E-state index is 0.0681. The molecule has 6 heteroatoms. The largest absolute Gasteiger partial charge is 0.340 e. The summed E-state index contributed by atoms with van der Waals surface area (Å²) in [7, 11) is 0. The van der Waals surface area contributed by atoms with Crippen LogP contribution in [0.3, 0.4) is 0 Å². The predicted molar refractivity (Wildman–Crippen MR) is 72.0 cm³/mol. The first-order chi connectivity index (χ1) is 9.47. The zero-order chi connectivity index (χ0) is 14.7. The standard InChI is InChI=1S/C14H19F2N3O/c1-10(20)19-6-4-18(5-7-19)9-14(17)12-3-2-11(15)8-13(12)16/h2-3,8,14H,4-7,9,17H2,1H3. The number of hydrogen-bond donors (Lipinski definition) is 1. The number of benzene rings is 1. The molecule has 1 aliphatic heterocycles. The molecule has 1 fully saturated rings. The van der Waals surface area contributed by atoms with Crippen LogP contribution in [0, 0.1) is 11.6 Å². The third-order valence-corrected chi connectivity index (χ3v) is 3.63. The van der Waals surface area contributed by atoms with Gasteiger partial charge in [-0.25, -0.2) is 8.78 Å². The third kappa shape index (κ3) is 3.52. The Morgan fingerprint density at radius 3 is 2.50 bits per heavy atom. The van der Waals surface area contributed by atoms with Crippen LogP contribution in [-0.4, -0.2) is 48.4 Å². The molecule has 4 nitrogen and oxygen atoms in total. The molecule has 0 aliphatic carbocycles. The number of piperazine rings is 1. The summed E-state index contributed by atoms with van der Waals surface area (Å²) in [4.78, 5) is 15.1. The second-order valence-electron chi connectivity index (χ2n) is 5.08. The van der Waals surface area contributed by atoms with Crippen LogP contribution >= 0.6 is 0 Å². The summed E-state index contributed by atoms with van der Waals surface area (Å²) in [5.41, 5.74) is 6.31. The fourth-order valence-corrected chi connectivity index (χ4v) is 2.42. The van der Waals surface area contributed by atoms with Gasteiger partial charge in [-0.3, -0.25) is 9.69 Å². The van der Waals surface area contributed by atoms with Gasteiger partial charge >= 0.3 is 0 Å². The maximum absolute atomic E-state index is 13.6. The smallest absolute Gasteiger partial charge is 0.219 e. The van der Waals surface area contributed by atoms with E-state index in [1.54, 1.807) is 11.8 Å². The van der Waals surface area contributed by atoms with E-state index in [-0.39, 0.29) is 5.91 Å². The van der Waals surface area contributed by atoms with Gasteiger partial charge in [-0.05, 0) is 6.07 Å². The van der Waals surface area contributed by atoms with Gasteiger partial charge in [0.15, 0.2) is 0 Å². The van der Waals surface area contributed by atoms with E-state index in [1.165, 1.54) is 12.1 Å². The fourth-order valence-electron chi connectivity index (χ4n) is 2.42. The number of hydrogen-bond acceptors (Lipinski definition) is 3. The lowest BCUT2D eigenvalue weighted by molar-refractivity contribution is -0.130. The van der Waals surface area contributed by atoms with Crippen molar-refractivity contribution in [1.82, 2.24) is 9.80 Å². The Labute approximate surface area is 117 Å². The lowest BCUT2D eigenvalue weighted by Gasteiger charge is -2.35. The van der Waals surface area contributed by atoms with E-state index < -0.39 is 17.7 Å². The molecule has 2 rings (SSSR count). The van der Waals surface area contributed by atoms with Crippen molar-refractivity contribution >= 4 is 5.91 Å². The van der Waals surface area contributed by atoms with Gasteiger partial charge in [-0.2, -0.15) is 0 Å². The highest BCUT2D eigenvalue weighted by Crippen LogP contribution is 2.18. The Hall–Kier alpha value is -1.53. The number of carbonyl (C=O) groups excluding carboxylic acids is 1. The average molecular weight is 283 g/mol. The van der Waals surface area contributed by atoms with Gasteiger partial charge in [0.2, 0.25) is 5.91 Å². The van der Waals surface area contributed by atoms with Gasteiger partial charge in [0.25, 0.3) is 0 Å². The molecular weight excluding hydrogens is 264 g/mol. The van der Waals surface area contributed by atoms with Crippen LogP contribution in [0.15, 0.2) is 18.2 Å². The summed E-state index contributed by atoms with van der Waals surface area (Å²) in [5, 5.41) is 0. The van der Waals surface area contributed by atoms with Gasteiger partial charge in [0.05, 0.1) is 0 Å². The third-order valence-electron chi connectivity index (χ3n) is 3.63. The molecule has 1 unspecified atom stereocenters. The molecule has 0 saturated carbocycles. The van der Waals surface area contributed by atoms with Crippen molar-refractivity contribution in [1.29, 1.82) is 0 Å². The Morgan fingerprint density at radius 2 is 1.95 bits per heavy atom. The van der Waals surface area contributed by atoms with E-state index in [0.717, 1.165) is 19.2 Å². The van der Waals surface area contributed by atoms with Crippen molar-refractivity contribution in [2.75, 3.05) is 32.7 Å². The number of rotatable bonds is 3. The molecule has 1 saturated heterocycles. The van der Waals surface area contributed by atoms with E-state index >= 15 is 0 Å². The minimum Gasteiger partial charge on any atom is -0.340 e. The Bertz CT molecular complexity index is 487. The molecule has 20 heavy (non-hydrogen) atoms. The van der Waals surface area contributed by atoms with Gasteiger partial charge in [-0.15, -0.1) is 0 Å². The first-order valence-corrected chi connectivity index (χ1v) is 6.66. The van der Waals surface area contributed by atoms with Crippen LogP contribution in [0.4, 0.5) is 8.78 Å². The highest BCUT2D eigenvalue weighted by Gasteiger charge is 2.21. The maximum Gasteiger partial charge on any atom is 0.219 e. The van der Waals surface area contributed by atoms with Crippen LogP contribution in [0.2, 0.25) is 0 Å². The topological polar surface area (TPSA) is 49.6 Å². The molecule has 0 spiro atoms. The Kier molecular flexibility index (Phi) is 4.67. The van der Waals surface area contributed by atoms with E-state index in [0.29, 0.717) is 25.2 Å². The Balaban J connectivity index is 1.92. The molecule has 0 aromatic heterocycles. The van der Waals surface area contributed by atoms with E-state index in [9.17, 15) is 13.6 Å². The van der Waals surface area contributed by atoms with Crippen LogP contribution < -0.4 is 5.73 Å². The monoisotopic (exact) mass is 283 g/mol. The predicted octanol–water partition coefficient (Wildman–Crippen LogP) is 1.13. The summed E-state index contributed by atoms with van der Waals surface area (Å²) in [6.07, 6.45) is 0. The second kappa shape index (κ2) is 6.28. The highest BCUT2D eigenvalue weighted by atomic mass is 19.1. The molecule has 1 aliphatic rings. The molecule has 1 atom stereocenters. The number of nitrogens with two attached hydrogens (primary N) is 1. The summed E-state index contributed by atoms with van der Waals surface area (Å²) in [6, 6.07) is 2.95. The van der Waals surface area contributed by atoms with Crippen molar-refractivity contribution in [2.45, 2.75) is 13.0 Å². The van der Waals surface area contributed by atoms with Crippen molar-refractivity contribution in [3.05, 3.63) is 35.4 Å². The van der Waals surface area contributed by atoms with Crippen LogP contribution in [0.25, 0.3) is 0 Å². The molecule has 110 valence electrons. The van der Waals surface area contributed by atoms with Crippen LogP contribution in [0.1, 0.15) is 18.5 Å². The zero-order valence-electron chi connectivity index (χ0n) is 11.5. The summed E-state index contributed by atoms with van der Waals surface area (Å²) in [6.45, 7) is 4.80. The molecule has 0 radical (unpaired) electrons. The number of carbonyl (C=O) groups is 1. The summed E-state index contributed by atoms with van der Waals surface area (Å²) >= 11 is 0. The summed E-state index contributed by atoms with van der Waals surface area (Å²) in [5.74, 6) is -1.15. The quantitative estimate of drug-likeness (QED) is 0.904. The lowest BCUT2D eigenvalue weighted by atomic mass is 10.1. The van der Waals surface area contributed by atoms with Gasteiger partial charge < -0.3 is 10.6 Å². The van der Waals surface area contributed by atoms with E-state index in [2.05, 4.69) is 4.90 Å². The normalized spacial score (nSPS) is 18.1. The SMILES string of the molecule is CC(=O)N1CCN(CC(N)c2ccc(F)cc2F)CC1. The molecule has 1 aromatic rings. The first-order valence-electron chi connectivity index (χ1n) is 6.66. The van der Waals surface area contributed by atoms with Crippen molar-refractivity contribution in [3.8, 4) is 0 Å². The van der Waals surface area contributed by atoms with Crippen molar-refractivity contribution in [2.24, 2.45) is 5.73 Å². The van der Waals surface area contributed by atoms with E-state index in [4.69, 9.17) is 5.73 Å². The molecule has 1 heterocycles. The summed E-state index contributed by atoms with van der Waals surface area (Å²) < 4.78 is 26.5. The van der Waals surface area contributed by atoms with Gasteiger partial charge in [0, 0.05) is 57.3 Å². The van der Waals surface area contributed by atoms with Crippen molar-refractivity contribution in [3.63, 3.8) is 0 Å². The van der Waals surface area contributed by atoms with Crippen molar-refractivity contribution < 1.29 is 13.6 Å². The second-order valence-corrected chi connectivity index (χ2v) is 5.08. The minimum atomic E-state index is -0.611. The molecule has 2 N–H and O–H groups in total. The Morgan fingerprint density at radius 1 is 1.30 bits per heavy atom. The first kappa shape index (κ1) is 14.9. The maximum atomic E-state index is 13.6. The van der Waals surface area contributed by atoms with Gasteiger partial charge in [-0.1, -0.05) is 6.07 Å². The van der Waals surface area contributed by atoms with Crippen LogP contribution in [-0.2, 0) is 4.79 Å². The van der Waals surface area contributed by atoms with E-state index in [1.807, 2.05) is 0 Å². The van der Waals surface area contributed by atoms with Crippen LogP contribution in [0.5, 0.6) is 0 Å². The molecule has 1 amide bonds. The molecule has 1 aromatic carbocycles. The molecule has 0 bridgehead atoms.